The molecule has 32 heavy (non-hydrogen) atoms. The molecular formula is C24H25N3O3S2. The van der Waals surface area contributed by atoms with E-state index in [1.165, 1.54) is 29.8 Å². The predicted octanol–water partition coefficient (Wildman–Crippen LogP) is 3.32. The van der Waals surface area contributed by atoms with Crippen molar-refractivity contribution in [3.8, 4) is 0 Å². The highest BCUT2D eigenvalue weighted by molar-refractivity contribution is 7.10. The minimum atomic E-state index is -0.536. The first kappa shape index (κ1) is 22.2. The Bertz CT molecular complexity index is 1330. The summed E-state index contributed by atoms with van der Waals surface area (Å²) in [7, 11) is 1.35. The molecule has 2 aromatic heterocycles. The van der Waals surface area contributed by atoms with E-state index in [1.54, 1.807) is 11.5 Å². The third kappa shape index (κ3) is 3.96. The van der Waals surface area contributed by atoms with E-state index >= 15 is 0 Å². The van der Waals surface area contributed by atoms with Crippen LogP contribution in [0.3, 0.4) is 0 Å². The molecule has 0 fully saturated rings. The first-order chi connectivity index (χ1) is 15.5. The lowest BCUT2D eigenvalue weighted by molar-refractivity contribution is -0.136. The highest BCUT2D eigenvalue weighted by atomic mass is 32.1. The molecule has 1 unspecified atom stereocenters. The lowest BCUT2D eigenvalue weighted by Gasteiger charge is -2.22. The smallest absolute Gasteiger partial charge is 0.338 e. The van der Waals surface area contributed by atoms with E-state index in [2.05, 4.69) is 35.9 Å². The van der Waals surface area contributed by atoms with Gasteiger partial charge < -0.3 is 9.64 Å². The highest BCUT2D eigenvalue weighted by Gasteiger charge is 2.33. The zero-order valence-electron chi connectivity index (χ0n) is 18.5. The number of rotatable bonds is 6. The van der Waals surface area contributed by atoms with Crippen LogP contribution in [0.4, 0.5) is 5.69 Å². The molecule has 3 heterocycles. The molecule has 0 radical (unpaired) electrons. The van der Waals surface area contributed by atoms with E-state index in [-0.39, 0.29) is 5.56 Å². The minimum Gasteiger partial charge on any atom is -0.466 e. The molecule has 1 aliphatic heterocycles. The lowest BCUT2D eigenvalue weighted by Crippen LogP contribution is -2.39. The first-order valence-corrected chi connectivity index (χ1v) is 12.2. The number of allylic oxidation sites excluding steroid dienone is 1. The molecule has 166 valence electrons. The predicted molar refractivity (Wildman–Crippen MR) is 130 cm³/mol. The summed E-state index contributed by atoms with van der Waals surface area (Å²) in [6.07, 6.45) is 1.89. The van der Waals surface area contributed by atoms with Gasteiger partial charge in [0.05, 0.1) is 22.9 Å². The quantitative estimate of drug-likeness (QED) is 0.522. The number of anilines is 1. The van der Waals surface area contributed by atoms with Gasteiger partial charge in [0.1, 0.15) is 6.04 Å². The van der Waals surface area contributed by atoms with Gasteiger partial charge in [0.15, 0.2) is 4.80 Å². The summed E-state index contributed by atoms with van der Waals surface area (Å²) in [6, 6.07) is 11.5. The Balaban J connectivity index is 1.83. The van der Waals surface area contributed by atoms with Gasteiger partial charge in [-0.2, -0.15) is 0 Å². The maximum Gasteiger partial charge on any atom is 0.338 e. The van der Waals surface area contributed by atoms with E-state index < -0.39 is 12.0 Å². The van der Waals surface area contributed by atoms with Crippen molar-refractivity contribution >= 4 is 40.4 Å². The number of nitrogens with zero attached hydrogens (tertiary/aromatic N) is 3. The number of hydrogen-bond acceptors (Lipinski definition) is 7. The number of aromatic nitrogens is 1. The second kappa shape index (κ2) is 9.26. The van der Waals surface area contributed by atoms with Gasteiger partial charge in [-0.3, -0.25) is 9.36 Å². The zero-order valence-corrected chi connectivity index (χ0v) is 20.1. The van der Waals surface area contributed by atoms with Crippen LogP contribution in [0.1, 0.15) is 37.3 Å². The fourth-order valence-electron chi connectivity index (χ4n) is 3.93. The molecule has 0 amide bonds. The molecule has 3 aromatic rings. The SMILES string of the molecule is CCN(CC)c1ccc(C=c2sc3n(c2=O)C(c2cccs2)C(C(=O)OC)=C(C)N=3)cc1. The van der Waals surface area contributed by atoms with Gasteiger partial charge in [-0.1, -0.05) is 29.5 Å². The van der Waals surface area contributed by atoms with Crippen LogP contribution in [0.25, 0.3) is 6.08 Å². The summed E-state index contributed by atoms with van der Waals surface area (Å²) in [5, 5.41) is 1.94. The minimum absolute atomic E-state index is 0.158. The average molecular weight is 468 g/mol. The van der Waals surface area contributed by atoms with Gasteiger partial charge in [0, 0.05) is 23.7 Å². The summed E-state index contributed by atoms with van der Waals surface area (Å²) in [5.74, 6) is -0.467. The molecule has 4 rings (SSSR count). The normalized spacial score (nSPS) is 16.0. The van der Waals surface area contributed by atoms with Crippen molar-refractivity contribution in [2.75, 3.05) is 25.1 Å². The summed E-state index contributed by atoms with van der Waals surface area (Å²) in [6.45, 7) is 7.94. The summed E-state index contributed by atoms with van der Waals surface area (Å²) in [4.78, 5) is 34.4. The van der Waals surface area contributed by atoms with Crippen LogP contribution in [0.5, 0.6) is 0 Å². The molecule has 1 aromatic carbocycles. The summed E-state index contributed by atoms with van der Waals surface area (Å²) >= 11 is 2.84. The standard InChI is InChI=1S/C24H25N3O3S2/c1-5-26(6-2)17-11-9-16(10-12-17)14-19-22(28)27-21(18-8-7-13-31-18)20(23(29)30-4)15(3)25-24(27)32-19/h7-14,21H,5-6H2,1-4H3. The van der Waals surface area contributed by atoms with Crippen LogP contribution in [-0.2, 0) is 9.53 Å². The largest absolute Gasteiger partial charge is 0.466 e. The van der Waals surface area contributed by atoms with E-state index in [4.69, 9.17) is 4.74 Å². The zero-order chi connectivity index (χ0) is 22.8. The number of thiazole rings is 1. The molecule has 1 atom stereocenters. The Morgan fingerprint density at radius 1 is 1.22 bits per heavy atom. The fraction of sp³-hybridized carbons (Fsp3) is 0.292. The topological polar surface area (TPSA) is 63.9 Å². The van der Waals surface area contributed by atoms with Gasteiger partial charge in [0.25, 0.3) is 5.56 Å². The van der Waals surface area contributed by atoms with Crippen LogP contribution in [0, 0.1) is 0 Å². The molecule has 0 aliphatic carbocycles. The molecule has 8 heteroatoms. The molecule has 0 bridgehead atoms. The molecule has 0 N–H and O–H groups in total. The van der Waals surface area contributed by atoms with E-state index in [0.29, 0.717) is 20.6 Å². The van der Waals surface area contributed by atoms with Gasteiger partial charge in [-0.15, -0.1) is 11.3 Å². The second-order valence-electron chi connectivity index (χ2n) is 7.35. The Morgan fingerprint density at radius 3 is 2.53 bits per heavy atom. The monoisotopic (exact) mass is 467 g/mol. The fourth-order valence-corrected chi connectivity index (χ4v) is 5.80. The highest BCUT2D eigenvalue weighted by Crippen LogP contribution is 2.32. The van der Waals surface area contributed by atoms with Gasteiger partial charge in [-0.05, 0) is 56.0 Å². The molecule has 0 spiro atoms. The van der Waals surface area contributed by atoms with Crippen LogP contribution < -0.4 is 19.8 Å². The molecular weight excluding hydrogens is 442 g/mol. The number of esters is 1. The van der Waals surface area contributed by atoms with Crippen LogP contribution in [0.2, 0.25) is 0 Å². The van der Waals surface area contributed by atoms with Crippen LogP contribution in [-0.4, -0.2) is 30.7 Å². The van der Waals surface area contributed by atoms with Crippen molar-refractivity contribution in [1.29, 1.82) is 0 Å². The van der Waals surface area contributed by atoms with Crippen LogP contribution >= 0.6 is 22.7 Å². The van der Waals surface area contributed by atoms with Gasteiger partial charge in [0.2, 0.25) is 0 Å². The number of hydrogen-bond donors (Lipinski definition) is 0. The lowest BCUT2D eigenvalue weighted by atomic mass is 10.0. The van der Waals surface area contributed by atoms with Crippen molar-refractivity contribution < 1.29 is 9.53 Å². The first-order valence-electron chi connectivity index (χ1n) is 10.5. The van der Waals surface area contributed by atoms with Gasteiger partial charge >= 0.3 is 5.97 Å². The van der Waals surface area contributed by atoms with E-state index in [9.17, 15) is 9.59 Å². The maximum absolute atomic E-state index is 13.5. The molecule has 1 aliphatic rings. The number of ether oxygens (including phenoxy) is 1. The van der Waals surface area contributed by atoms with Crippen LogP contribution in [0.15, 0.2) is 62.8 Å². The number of carbonyl (C=O) groups is 1. The third-order valence-electron chi connectivity index (χ3n) is 5.56. The number of thiophene rings is 1. The Hall–Kier alpha value is -2.97. The average Bonchev–Trinajstić information content (AvgIpc) is 3.43. The summed E-state index contributed by atoms with van der Waals surface area (Å²) < 4.78 is 7.22. The Kier molecular flexibility index (Phi) is 6.43. The van der Waals surface area contributed by atoms with Gasteiger partial charge in [-0.25, -0.2) is 9.79 Å². The van der Waals surface area contributed by atoms with E-state index in [0.717, 1.165) is 29.2 Å². The van der Waals surface area contributed by atoms with Crippen molar-refractivity contribution in [1.82, 2.24) is 4.57 Å². The second-order valence-corrected chi connectivity index (χ2v) is 9.34. The number of fused-ring (bicyclic) bond motifs is 1. The number of benzene rings is 1. The third-order valence-corrected chi connectivity index (χ3v) is 7.47. The summed E-state index contributed by atoms with van der Waals surface area (Å²) in [5.41, 5.74) is 2.92. The van der Waals surface area contributed by atoms with E-state index in [1.807, 2.05) is 35.7 Å². The maximum atomic E-state index is 13.5. The number of methoxy groups -OCH3 is 1. The molecule has 6 nitrogen and oxygen atoms in total. The Morgan fingerprint density at radius 2 is 1.94 bits per heavy atom. The van der Waals surface area contributed by atoms with Crippen molar-refractivity contribution in [3.63, 3.8) is 0 Å². The van der Waals surface area contributed by atoms with Crippen molar-refractivity contribution in [2.24, 2.45) is 4.99 Å². The molecule has 0 saturated carbocycles. The molecule has 0 saturated heterocycles. The number of carbonyl (C=O) groups excluding carboxylic acids is 1. The van der Waals surface area contributed by atoms with Crippen molar-refractivity contribution in [3.05, 3.63) is 83.2 Å². The Labute approximate surface area is 194 Å². The van der Waals surface area contributed by atoms with Crippen molar-refractivity contribution in [2.45, 2.75) is 26.8 Å².